The van der Waals surface area contributed by atoms with Crippen LogP contribution in [0.15, 0.2) is 54.6 Å². The van der Waals surface area contributed by atoms with Crippen molar-refractivity contribution in [3.63, 3.8) is 0 Å². The fraction of sp³-hybridized carbons (Fsp3) is 0. The molecular weight excluding hydrogens is 365 g/mol. The summed E-state index contributed by atoms with van der Waals surface area (Å²) in [6.07, 6.45) is 0. The maximum atomic E-state index is 13.0. The Kier molecular flexibility index (Phi) is 3.93. The van der Waals surface area contributed by atoms with E-state index < -0.39 is 29.0 Å². The first-order chi connectivity index (χ1) is 13.4. The smallest absolute Gasteiger partial charge is 0.255 e. The summed E-state index contributed by atoms with van der Waals surface area (Å²) in [5.41, 5.74) is -0.317. The van der Waals surface area contributed by atoms with E-state index in [0.717, 1.165) is 6.07 Å². The van der Waals surface area contributed by atoms with Gasteiger partial charge in [0.2, 0.25) is 5.78 Å². The van der Waals surface area contributed by atoms with Crippen LogP contribution in [-0.2, 0) is 0 Å². The van der Waals surface area contributed by atoms with E-state index >= 15 is 0 Å². The van der Waals surface area contributed by atoms with Crippen LogP contribution in [0.1, 0.15) is 42.2 Å². The molecule has 0 bridgehead atoms. The second kappa shape index (κ2) is 6.31. The van der Waals surface area contributed by atoms with Gasteiger partial charge in [0.25, 0.3) is 5.91 Å². The van der Waals surface area contributed by atoms with Crippen LogP contribution in [0.5, 0.6) is 11.5 Å². The van der Waals surface area contributed by atoms with Crippen LogP contribution in [0, 0.1) is 5.82 Å². The number of amides is 1. The summed E-state index contributed by atoms with van der Waals surface area (Å²) >= 11 is 0. The summed E-state index contributed by atoms with van der Waals surface area (Å²) in [6, 6.07) is 11.4. The van der Waals surface area contributed by atoms with Gasteiger partial charge in [0.1, 0.15) is 17.3 Å². The highest BCUT2D eigenvalue weighted by atomic mass is 19.1. The number of phenols is 2. The largest absolute Gasteiger partial charge is 0.507 e. The Balaban J connectivity index is 1.76. The van der Waals surface area contributed by atoms with Gasteiger partial charge in [-0.2, -0.15) is 0 Å². The van der Waals surface area contributed by atoms with Crippen LogP contribution < -0.4 is 5.32 Å². The van der Waals surface area contributed by atoms with Gasteiger partial charge in [0, 0.05) is 22.4 Å². The number of carbonyl (C=O) groups excluding carboxylic acids is 3. The van der Waals surface area contributed by atoms with E-state index in [1.54, 1.807) is 0 Å². The average molecular weight is 377 g/mol. The molecular formula is C21H12FNO5. The van der Waals surface area contributed by atoms with Crippen LogP contribution in [0.3, 0.4) is 0 Å². The van der Waals surface area contributed by atoms with Crippen molar-refractivity contribution in [2.75, 3.05) is 5.32 Å². The minimum Gasteiger partial charge on any atom is -0.507 e. The molecule has 3 N–H and O–H groups in total. The summed E-state index contributed by atoms with van der Waals surface area (Å²) in [6.45, 7) is 0. The SMILES string of the molecule is O=C(Nc1ccc(F)cc1)c1cc(O)c2c(c1)C(=O)c1cccc(O)c1C2=O. The molecule has 0 aliphatic heterocycles. The monoisotopic (exact) mass is 377 g/mol. The van der Waals surface area contributed by atoms with E-state index in [-0.39, 0.29) is 33.6 Å². The zero-order valence-electron chi connectivity index (χ0n) is 14.2. The zero-order chi connectivity index (χ0) is 20.0. The molecule has 0 saturated heterocycles. The van der Waals surface area contributed by atoms with Crippen molar-refractivity contribution in [2.45, 2.75) is 0 Å². The maximum Gasteiger partial charge on any atom is 0.255 e. The fourth-order valence-electron chi connectivity index (χ4n) is 3.15. The molecule has 0 unspecified atom stereocenters. The number of hydrogen-bond donors (Lipinski definition) is 3. The Morgan fingerprint density at radius 1 is 0.821 bits per heavy atom. The summed E-state index contributed by atoms with van der Waals surface area (Å²) < 4.78 is 13.0. The van der Waals surface area contributed by atoms with Crippen molar-refractivity contribution in [2.24, 2.45) is 0 Å². The van der Waals surface area contributed by atoms with E-state index in [1.165, 1.54) is 48.5 Å². The molecule has 3 aromatic carbocycles. The number of benzene rings is 3. The van der Waals surface area contributed by atoms with Gasteiger partial charge in [0.15, 0.2) is 5.78 Å². The molecule has 28 heavy (non-hydrogen) atoms. The minimum absolute atomic E-state index is 0.00649. The number of rotatable bonds is 2. The van der Waals surface area contributed by atoms with E-state index in [1.807, 2.05) is 0 Å². The van der Waals surface area contributed by atoms with Crippen molar-refractivity contribution >= 4 is 23.2 Å². The lowest BCUT2D eigenvalue weighted by Gasteiger charge is -2.20. The van der Waals surface area contributed by atoms with Gasteiger partial charge >= 0.3 is 0 Å². The molecule has 0 radical (unpaired) electrons. The number of ketones is 2. The highest BCUT2D eigenvalue weighted by Gasteiger charge is 2.35. The number of carbonyl (C=O) groups is 3. The van der Waals surface area contributed by atoms with Gasteiger partial charge < -0.3 is 15.5 Å². The molecule has 7 heteroatoms. The van der Waals surface area contributed by atoms with Gasteiger partial charge in [-0.25, -0.2) is 4.39 Å². The third-order valence-electron chi connectivity index (χ3n) is 4.47. The topological polar surface area (TPSA) is 104 Å². The molecule has 0 saturated carbocycles. The molecule has 0 heterocycles. The summed E-state index contributed by atoms with van der Waals surface area (Å²) in [5.74, 6) is -3.31. The Morgan fingerprint density at radius 2 is 1.50 bits per heavy atom. The second-order valence-corrected chi connectivity index (χ2v) is 6.24. The molecule has 1 aliphatic carbocycles. The number of phenolic OH excluding ortho intramolecular Hbond substituents is 2. The third-order valence-corrected chi connectivity index (χ3v) is 4.47. The molecule has 0 fully saturated rings. The van der Waals surface area contributed by atoms with Crippen LogP contribution in [0.4, 0.5) is 10.1 Å². The molecule has 0 spiro atoms. The lowest BCUT2D eigenvalue weighted by Crippen LogP contribution is -2.22. The predicted octanol–water partition coefficient (Wildman–Crippen LogP) is 3.26. The number of hydrogen-bond acceptors (Lipinski definition) is 5. The molecule has 138 valence electrons. The first kappa shape index (κ1) is 17.4. The normalized spacial score (nSPS) is 12.3. The van der Waals surface area contributed by atoms with Gasteiger partial charge in [-0.05, 0) is 42.5 Å². The standard InChI is InChI=1S/C21H12FNO5/c22-11-4-6-12(7-5-11)23-21(28)10-8-14-18(16(25)9-10)20(27)17-13(19(14)26)2-1-3-15(17)24/h1-9,24-25H,(H,23,28). The summed E-state index contributed by atoms with van der Waals surface area (Å²) in [5, 5.41) is 22.8. The molecule has 0 atom stereocenters. The van der Waals surface area contributed by atoms with E-state index in [2.05, 4.69) is 5.32 Å². The fourth-order valence-corrected chi connectivity index (χ4v) is 3.15. The van der Waals surface area contributed by atoms with Crippen LogP contribution in [0.2, 0.25) is 0 Å². The van der Waals surface area contributed by atoms with Crippen molar-refractivity contribution in [3.8, 4) is 11.5 Å². The zero-order valence-corrected chi connectivity index (χ0v) is 14.2. The molecule has 6 nitrogen and oxygen atoms in total. The number of nitrogens with one attached hydrogen (secondary N) is 1. The van der Waals surface area contributed by atoms with Crippen LogP contribution >= 0.6 is 0 Å². The lowest BCUT2D eigenvalue weighted by molar-refractivity contribution is 0.0972. The number of halogens is 1. The van der Waals surface area contributed by atoms with Crippen LogP contribution in [-0.4, -0.2) is 27.7 Å². The quantitative estimate of drug-likeness (QED) is 0.497. The number of aromatic hydroxyl groups is 2. The molecule has 1 amide bonds. The highest BCUT2D eigenvalue weighted by Crippen LogP contribution is 2.37. The number of anilines is 1. The second-order valence-electron chi connectivity index (χ2n) is 6.24. The first-order valence-electron chi connectivity index (χ1n) is 8.22. The number of fused-ring (bicyclic) bond motifs is 2. The highest BCUT2D eigenvalue weighted by molar-refractivity contribution is 6.30. The Labute approximate surface area is 157 Å². The first-order valence-corrected chi connectivity index (χ1v) is 8.22. The van der Waals surface area contributed by atoms with Gasteiger partial charge in [-0.3, -0.25) is 14.4 Å². The van der Waals surface area contributed by atoms with E-state index in [0.29, 0.717) is 5.69 Å². The van der Waals surface area contributed by atoms with Crippen LogP contribution in [0.25, 0.3) is 0 Å². The Morgan fingerprint density at radius 3 is 2.21 bits per heavy atom. The minimum atomic E-state index is -0.703. The predicted molar refractivity (Wildman–Crippen MR) is 97.4 cm³/mol. The van der Waals surface area contributed by atoms with Crippen molar-refractivity contribution < 1.29 is 29.0 Å². The Bertz CT molecular complexity index is 1170. The molecule has 4 rings (SSSR count). The van der Waals surface area contributed by atoms with Gasteiger partial charge in [-0.1, -0.05) is 12.1 Å². The van der Waals surface area contributed by atoms with Crippen molar-refractivity contribution in [1.82, 2.24) is 0 Å². The van der Waals surface area contributed by atoms with E-state index in [4.69, 9.17) is 0 Å². The molecule has 0 aromatic heterocycles. The van der Waals surface area contributed by atoms with Gasteiger partial charge in [-0.15, -0.1) is 0 Å². The Hall–Kier alpha value is -4.00. The van der Waals surface area contributed by atoms with Gasteiger partial charge in [0.05, 0.1) is 11.1 Å². The third kappa shape index (κ3) is 2.69. The maximum absolute atomic E-state index is 13.0. The summed E-state index contributed by atoms with van der Waals surface area (Å²) in [4.78, 5) is 37.9. The van der Waals surface area contributed by atoms with Crippen molar-refractivity contribution in [3.05, 3.63) is 88.2 Å². The molecule has 3 aromatic rings. The average Bonchev–Trinajstić information content (AvgIpc) is 2.67. The lowest BCUT2D eigenvalue weighted by atomic mass is 9.82. The van der Waals surface area contributed by atoms with E-state index in [9.17, 15) is 29.0 Å². The van der Waals surface area contributed by atoms with Crippen molar-refractivity contribution in [1.29, 1.82) is 0 Å². The molecule has 1 aliphatic rings. The summed E-state index contributed by atoms with van der Waals surface area (Å²) in [7, 11) is 0.